The maximum absolute atomic E-state index is 12.1. The van der Waals surface area contributed by atoms with E-state index < -0.39 is 5.63 Å². The van der Waals surface area contributed by atoms with E-state index in [9.17, 15) is 4.79 Å². The minimum absolute atomic E-state index is 0.127. The van der Waals surface area contributed by atoms with Crippen molar-refractivity contribution in [2.24, 2.45) is 0 Å². The van der Waals surface area contributed by atoms with E-state index in [1.54, 1.807) is 12.1 Å². The lowest BCUT2D eigenvalue weighted by Gasteiger charge is -2.08. The van der Waals surface area contributed by atoms with Crippen LogP contribution in [-0.2, 0) is 0 Å². The molecule has 2 heterocycles. The number of aromatic nitrogens is 4. The first kappa shape index (κ1) is 14.2. The number of aliphatic hydroxyl groups excluding tert-OH is 1. The Morgan fingerprint density at radius 3 is 3.00 bits per heavy atom. The van der Waals surface area contributed by atoms with E-state index in [2.05, 4.69) is 20.6 Å². The van der Waals surface area contributed by atoms with Crippen LogP contribution in [0.1, 0.15) is 12.8 Å². The Labute approximate surface area is 124 Å². The SMILES string of the molecule is O=c1oc2c(OCCCCO)cccc2cc1-c1nn[nH]n1. The molecule has 0 aliphatic rings. The number of H-pyrrole nitrogens is 1. The largest absolute Gasteiger partial charge is 0.490 e. The van der Waals surface area contributed by atoms with Gasteiger partial charge in [0.1, 0.15) is 5.56 Å². The monoisotopic (exact) mass is 302 g/mol. The van der Waals surface area contributed by atoms with Gasteiger partial charge in [-0.2, -0.15) is 5.21 Å². The molecule has 0 bridgehead atoms. The van der Waals surface area contributed by atoms with Crippen molar-refractivity contribution in [3.05, 3.63) is 34.7 Å². The van der Waals surface area contributed by atoms with Crippen LogP contribution in [0.15, 0.2) is 33.5 Å². The molecule has 114 valence electrons. The van der Waals surface area contributed by atoms with E-state index in [-0.39, 0.29) is 18.0 Å². The Morgan fingerprint density at radius 2 is 2.23 bits per heavy atom. The Kier molecular flexibility index (Phi) is 4.10. The molecule has 2 N–H and O–H groups in total. The predicted octanol–water partition coefficient (Wildman–Crippen LogP) is 1.12. The number of aliphatic hydroxyl groups is 1. The van der Waals surface area contributed by atoms with Gasteiger partial charge in [-0.3, -0.25) is 0 Å². The molecular weight excluding hydrogens is 288 g/mol. The number of tetrazole rings is 1. The Balaban J connectivity index is 1.96. The van der Waals surface area contributed by atoms with Gasteiger partial charge in [-0.25, -0.2) is 4.79 Å². The Hall–Kier alpha value is -2.74. The van der Waals surface area contributed by atoms with Crippen LogP contribution in [0.5, 0.6) is 5.75 Å². The number of para-hydroxylation sites is 1. The quantitative estimate of drug-likeness (QED) is 0.518. The topological polar surface area (TPSA) is 114 Å². The minimum atomic E-state index is -0.555. The van der Waals surface area contributed by atoms with Crippen molar-refractivity contribution in [2.75, 3.05) is 13.2 Å². The van der Waals surface area contributed by atoms with Gasteiger partial charge in [0.2, 0.25) is 5.82 Å². The summed E-state index contributed by atoms with van der Waals surface area (Å²) in [6.07, 6.45) is 1.38. The van der Waals surface area contributed by atoms with Crippen LogP contribution in [0.25, 0.3) is 22.4 Å². The second-order valence-electron chi connectivity index (χ2n) is 4.64. The van der Waals surface area contributed by atoms with Crippen LogP contribution in [-0.4, -0.2) is 38.9 Å². The number of fused-ring (bicyclic) bond motifs is 1. The van der Waals surface area contributed by atoms with Crippen molar-refractivity contribution in [1.82, 2.24) is 20.6 Å². The van der Waals surface area contributed by atoms with Gasteiger partial charge in [0.15, 0.2) is 11.3 Å². The van der Waals surface area contributed by atoms with Crippen LogP contribution in [0.2, 0.25) is 0 Å². The predicted molar refractivity (Wildman–Crippen MR) is 77.5 cm³/mol. The van der Waals surface area contributed by atoms with Crippen molar-refractivity contribution in [1.29, 1.82) is 0 Å². The Bertz CT molecular complexity index is 813. The van der Waals surface area contributed by atoms with Crippen LogP contribution in [0, 0.1) is 0 Å². The lowest BCUT2D eigenvalue weighted by Crippen LogP contribution is -2.05. The highest BCUT2D eigenvalue weighted by Crippen LogP contribution is 2.26. The summed E-state index contributed by atoms with van der Waals surface area (Å²) in [5.74, 6) is 0.678. The number of nitrogens with zero attached hydrogens (tertiary/aromatic N) is 3. The van der Waals surface area contributed by atoms with E-state index in [1.165, 1.54) is 0 Å². The third kappa shape index (κ3) is 2.82. The maximum Gasteiger partial charge on any atom is 0.347 e. The van der Waals surface area contributed by atoms with E-state index in [0.717, 1.165) is 6.42 Å². The molecule has 2 aromatic heterocycles. The maximum atomic E-state index is 12.1. The summed E-state index contributed by atoms with van der Waals surface area (Å²) in [5.41, 5.74) is 0.0581. The zero-order chi connectivity index (χ0) is 15.4. The molecule has 1 aromatic carbocycles. The van der Waals surface area contributed by atoms with Gasteiger partial charge in [-0.1, -0.05) is 12.1 Å². The fraction of sp³-hybridized carbons (Fsp3) is 0.286. The van der Waals surface area contributed by atoms with Crippen molar-refractivity contribution < 1.29 is 14.3 Å². The lowest BCUT2D eigenvalue weighted by molar-refractivity contribution is 0.253. The van der Waals surface area contributed by atoms with Crippen LogP contribution in [0.4, 0.5) is 0 Å². The number of unbranched alkanes of at least 4 members (excludes halogenated alkanes) is 1. The smallest absolute Gasteiger partial charge is 0.347 e. The second kappa shape index (κ2) is 6.35. The van der Waals surface area contributed by atoms with Crippen molar-refractivity contribution in [3.63, 3.8) is 0 Å². The van der Waals surface area contributed by atoms with Crippen molar-refractivity contribution in [2.45, 2.75) is 12.8 Å². The fourth-order valence-corrected chi connectivity index (χ4v) is 2.06. The number of hydrogen-bond acceptors (Lipinski definition) is 7. The fourth-order valence-electron chi connectivity index (χ4n) is 2.06. The third-order valence-corrected chi connectivity index (χ3v) is 3.12. The van der Waals surface area contributed by atoms with Gasteiger partial charge in [-0.15, -0.1) is 10.2 Å². The van der Waals surface area contributed by atoms with E-state index in [1.807, 2.05) is 12.1 Å². The molecular formula is C14H14N4O4. The molecule has 3 aromatic rings. The zero-order valence-electron chi connectivity index (χ0n) is 11.7. The average molecular weight is 302 g/mol. The number of aromatic amines is 1. The molecule has 0 atom stereocenters. The van der Waals surface area contributed by atoms with E-state index in [4.69, 9.17) is 14.3 Å². The highest BCUT2D eigenvalue weighted by Gasteiger charge is 2.14. The van der Waals surface area contributed by atoms with Gasteiger partial charge in [0.25, 0.3) is 0 Å². The molecule has 0 aliphatic carbocycles. The second-order valence-corrected chi connectivity index (χ2v) is 4.64. The van der Waals surface area contributed by atoms with Gasteiger partial charge in [0.05, 0.1) is 6.61 Å². The average Bonchev–Trinajstić information content (AvgIpc) is 3.05. The summed E-state index contributed by atoms with van der Waals surface area (Å²) >= 11 is 0. The summed E-state index contributed by atoms with van der Waals surface area (Å²) in [7, 11) is 0. The highest BCUT2D eigenvalue weighted by atomic mass is 16.5. The molecule has 3 rings (SSSR count). The molecule has 0 spiro atoms. The third-order valence-electron chi connectivity index (χ3n) is 3.12. The van der Waals surface area contributed by atoms with Crippen LogP contribution in [0.3, 0.4) is 0 Å². The molecule has 0 amide bonds. The normalized spacial score (nSPS) is 11.0. The molecule has 8 nitrogen and oxygen atoms in total. The number of benzene rings is 1. The molecule has 22 heavy (non-hydrogen) atoms. The van der Waals surface area contributed by atoms with Gasteiger partial charge in [-0.05, 0) is 30.2 Å². The Morgan fingerprint density at radius 1 is 1.32 bits per heavy atom. The van der Waals surface area contributed by atoms with E-state index >= 15 is 0 Å². The molecule has 0 radical (unpaired) electrons. The van der Waals surface area contributed by atoms with Crippen molar-refractivity contribution in [3.8, 4) is 17.1 Å². The lowest BCUT2D eigenvalue weighted by atomic mass is 10.1. The number of nitrogens with one attached hydrogen (secondary N) is 1. The summed E-state index contributed by atoms with van der Waals surface area (Å²) in [5, 5.41) is 22.8. The number of hydrogen-bond donors (Lipinski definition) is 2. The van der Waals surface area contributed by atoms with E-state index in [0.29, 0.717) is 29.7 Å². The first-order chi connectivity index (χ1) is 10.8. The van der Waals surface area contributed by atoms with Crippen LogP contribution < -0.4 is 10.4 Å². The standard InChI is InChI=1S/C14H14N4O4/c19-6-1-2-7-21-11-5-3-4-9-8-10(13-15-17-18-16-13)14(20)22-12(9)11/h3-5,8,19H,1-2,6-7H2,(H,15,16,17,18). The zero-order valence-corrected chi connectivity index (χ0v) is 11.7. The van der Waals surface area contributed by atoms with Gasteiger partial charge < -0.3 is 14.3 Å². The molecule has 8 heteroatoms. The number of rotatable bonds is 6. The molecule has 0 fully saturated rings. The summed E-state index contributed by atoms with van der Waals surface area (Å²) in [6, 6.07) is 7.00. The molecule has 0 unspecified atom stereocenters. The highest BCUT2D eigenvalue weighted by molar-refractivity contribution is 5.85. The van der Waals surface area contributed by atoms with Crippen molar-refractivity contribution >= 4 is 11.0 Å². The van der Waals surface area contributed by atoms with Gasteiger partial charge >= 0.3 is 5.63 Å². The summed E-state index contributed by atoms with van der Waals surface area (Å²) in [4.78, 5) is 12.1. The molecule has 0 aliphatic heterocycles. The molecule has 0 saturated carbocycles. The summed E-state index contributed by atoms with van der Waals surface area (Å²) < 4.78 is 11.0. The number of ether oxygens (including phenoxy) is 1. The summed E-state index contributed by atoms with van der Waals surface area (Å²) in [6.45, 7) is 0.567. The van der Waals surface area contributed by atoms with Gasteiger partial charge in [0, 0.05) is 12.0 Å². The minimum Gasteiger partial charge on any atom is -0.490 e. The molecule has 0 saturated heterocycles. The first-order valence-electron chi connectivity index (χ1n) is 6.84. The van der Waals surface area contributed by atoms with Crippen LogP contribution >= 0.6 is 0 Å². The first-order valence-corrected chi connectivity index (χ1v) is 6.84.